The number of nitrogens with one attached hydrogen (secondary N) is 2. The largest absolute Gasteiger partial charge is 0.464 e. The molecular weight excluding hydrogens is 290 g/mol. The summed E-state index contributed by atoms with van der Waals surface area (Å²) < 4.78 is 5.45. The quantitative estimate of drug-likeness (QED) is 0.608. The van der Waals surface area contributed by atoms with Gasteiger partial charge in [-0.3, -0.25) is 4.79 Å². The molecule has 4 rings (SSSR count). The molecule has 0 bridgehead atoms. The Labute approximate surface area is 132 Å². The third-order valence-electron chi connectivity index (χ3n) is 3.80. The standard InChI is InChI=1S/C18H15N3O2/c22-18(9-12-11-23-16-8-4-1-5-13(12)16)19-10-17-20-14-6-2-3-7-15(14)21-17/h1-8,11H,9-10H2,(H,19,22)(H,20,21). The van der Waals surface area contributed by atoms with Crippen molar-refractivity contribution >= 4 is 27.9 Å². The molecule has 4 aromatic rings. The topological polar surface area (TPSA) is 70.9 Å². The maximum absolute atomic E-state index is 12.1. The van der Waals surface area contributed by atoms with E-state index < -0.39 is 0 Å². The van der Waals surface area contributed by atoms with Gasteiger partial charge in [-0.2, -0.15) is 0 Å². The van der Waals surface area contributed by atoms with E-state index in [2.05, 4.69) is 15.3 Å². The number of aromatic nitrogens is 2. The molecule has 0 aliphatic heterocycles. The number of amides is 1. The Morgan fingerprint density at radius 3 is 2.87 bits per heavy atom. The first-order valence-corrected chi connectivity index (χ1v) is 7.45. The second-order valence-corrected chi connectivity index (χ2v) is 5.41. The number of nitrogens with zero attached hydrogens (tertiary/aromatic N) is 1. The number of carbonyl (C=O) groups excluding carboxylic acids is 1. The van der Waals surface area contributed by atoms with E-state index in [9.17, 15) is 4.79 Å². The van der Waals surface area contributed by atoms with Gasteiger partial charge in [0.2, 0.25) is 5.91 Å². The highest BCUT2D eigenvalue weighted by molar-refractivity contribution is 5.87. The van der Waals surface area contributed by atoms with Gasteiger partial charge in [0.25, 0.3) is 0 Å². The Hall–Kier alpha value is -3.08. The lowest BCUT2D eigenvalue weighted by atomic mass is 10.1. The summed E-state index contributed by atoms with van der Waals surface area (Å²) in [6.07, 6.45) is 1.93. The third kappa shape index (κ3) is 2.68. The van der Waals surface area contributed by atoms with Crippen LogP contribution in [0.15, 0.2) is 59.2 Å². The van der Waals surface area contributed by atoms with Crippen LogP contribution in [0.4, 0.5) is 0 Å². The second-order valence-electron chi connectivity index (χ2n) is 5.41. The summed E-state index contributed by atoms with van der Waals surface area (Å²) in [5.41, 5.74) is 3.56. The van der Waals surface area contributed by atoms with Gasteiger partial charge in [-0.05, 0) is 18.2 Å². The van der Waals surface area contributed by atoms with Gasteiger partial charge in [-0.1, -0.05) is 30.3 Å². The van der Waals surface area contributed by atoms with E-state index in [1.165, 1.54) is 0 Å². The molecule has 5 heteroatoms. The maximum atomic E-state index is 12.1. The number of aromatic amines is 1. The molecular formula is C18H15N3O2. The zero-order valence-electron chi connectivity index (χ0n) is 12.4. The van der Waals surface area contributed by atoms with Crippen LogP contribution < -0.4 is 5.32 Å². The van der Waals surface area contributed by atoms with Crippen molar-refractivity contribution in [2.45, 2.75) is 13.0 Å². The van der Waals surface area contributed by atoms with E-state index in [0.29, 0.717) is 6.54 Å². The van der Waals surface area contributed by atoms with Gasteiger partial charge >= 0.3 is 0 Å². The van der Waals surface area contributed by atoms with Gasteiger partial charge in [-0.25, -0.2) is 4.98 Å². The number of fused-ring (bicyclic) bond motifs is 2. The summed E-state index contributed by atoms with van der Waals surface area (Å²) in [5, 5.41) is 3.87. The molecule has 2 aromatic heterocycles. The zero-order chi connectivity index (χ0) is 15.6. The molecule has 114 valence electrons. The van der Waals surface area contributed by atoms with Crippen LogP contribution in [0.3, 0.4) is 0 Å². The number of imidazole rings is 1. The molecule has 0 saturated carbocycles. The lowest BCUT2D eigenvalue weighted by Crippen LogP contribution is -2.25. The summed E-state index contributed by atoms with van der Waals surface area (Å²) in [6.45, 7) is 0.378. The van der Waals surface area contributed by atoms with E-state index in [1.54, 1.807) is 6.26 Å². The van der Waals surface area contributed by atoms with Crippen LogP contribution in [0.2, 0.25) is 0 Å². The molecule has 0 aliphatic rings. The SMILES string of the molecule is O=C(Cc1coc2ccccc12)NCc1nc2ccccc2[nH]1. The summed E-state index contributed by atoms with van der Waals surface area (Å²) >= 11 is 0. The van der Waals surface area contributed by atoms with Crippen LogP contribution in [0, 0.1) is 0 Å². The van der Waals surface area contributed by atoms with Crippen LogP contribution >= 0.6 is 0 Å². The molecule has 0 unspecified atom stereocenters. The smallest absolute Gasteiger partial charge is 0.224 e. The van der Waals surface area contributed by atoms with Crippen molar-refractivity contribution in [2.24, 2.45) is 0 Å². The van der Waals surface area contributed by atoms with Crippen LogP contribution in [0.25, 0.3) is 22.0 Å². The molecule has 0 fully saturated rings. The molecule has 0 radical (unpaired) electrons. The highest BCUT2D eigenvalue weighted by atomic mass is 16.3. The molecule has 0 saturated heterocycles. The Morgan fingerprint density at radius 2 is 1.96 bits per heavy atom. The highest BCUT2D eigenvalue weighted by Crippen LogP contribution is 2.21. The van der Waals surface area contributed by atoms with Crippen LogP contribution in [0.1, 0.15) is 11.4 Å². The molecule has 2 N–H and O–H groups in total. The van der Waals surface area contributed by atoms with Crippen LogP contribution in [0.5, 0.6) is 0 Å². The predicted octanol–water partition coefficient (Wildman–Crippen LogP) is 3.17. The number of hydrogen-bond acceptors (Lipinski definition) is 3. The van der Waals surface area contributed by atoms with Gasteiger partial charge in [0.15, 0.2) is 0 Å². The second kappa shape index (κ2) is 5.61. The number of carbonyl (C=O) groups is 1. The summed E-state index contributed by atoms with van der Waals surface area (Å²) in [5.74, 6) is 0.689. The first-order valence-electron chi connectivity index (χ1n) is 7.45. The van der Waals surface area contributed by atoms with Gasteiger partial charge < -0.3 is 14.7 Å². The van der Waals surface area contributed by atoms with Crippen molar-refractivity contribution in [1.82, 2.24) is 15.3 Å². The van der Waals surface area contributed by atoms with E-state index in [4.69, 9.17) is 4.42 Å². The molecule has 2 heterocycles. The number of para-hydroxylation sites is 3. The average Bonchev–Trinajstić information content (AvgIpc) is 3.17. The molecule has 2 aromatic carbocycles. The summed E-state index contributed by atoms with van der Waals surface area (Å²) in [6, 6.07) is 15.5. The summed E-state index contributed by atoms with van der Waals surface area (Å²) in [4.78, 5) is 19.8. The Balaban J connectivity index is 1.43. The molecule has 23 heavy (non-hydrogen) atoms. The monoisotopic (exact) mass is 305 g/mol. The number of H-pyrrole nitrogens is 1. The number of hydrogen-bond donors (Lipinski definition) is 2. The number of furan rings is 1. The van der Waals surface area contributed by atoms with Gasteiger partial charge in [-0.15, -0.1) is 0 Å². The van der Waals surface area contributed by atoms with Crippen molar-refractivity contribution in [3.05, 3.63) is 66.2 Å². The fourth-order valence-electron chi connectivity index (χ4n) is 2.68. The maximum Gasteiger partial charge on any atom is 0.224 e. The van der Waals surface area contributed by atoms with Gasteiger partial charge in [0, 0.05) is 10.9 Å². The normalized spacial score (nSPS) is 11.1. The first kappa shape index (κ1) is 13.6. The average molecular weight is 305 g/mol. The lowest BCUT2D eigenvalue weighted by Gasteiger charge is -2.02. The highest BCUT2D eigenvalue weighted by Gasteiger charge is 2.10. The van der Waals surface area contributed by atoms with Crippen LogP contribution in [-0.2, 0) is 17.8 Å². The molecule has 0 aliphatic carbocycles. The van der Waals surface area contributed by atoms with E-state index >= 15 is 0 Å². The van der Waals surface area contributed by atoms with Crippen molar-refractivity contribution in [1.29, 1.82) is 0 Å². The number of rotatable bonds is 4. The van der Waals surface area contributed by atoms with Crippen molar-refractivity contribution in [3.8, 4) is 0 Å². The third-order valence-corrected chi connectivity index (χ3v) is 3.80. The lowest BCUT2D eigenvalue weighted by molar-refractivity contribution is -0.120. The fourth-order valence-corrected chi connectivity index (χ4v) is 2.68. The van der Waals surface area contributed by atoms with Crippen molar-refractivity contribution in [3.63, 3.8) is 0 Å². The summed E-state index contributed by atoms with van der Waals surface area (Å²) in [7, 11) is 0. The minimum absolute atomic E-state index is 0.0583. The molecule has 0 spiro atoms. The fraction of sp³-hybridized carbons (Fsp3) is 0.111. The Morgan fingerprint density at radius 1 is 1.13 bits per heavy atom. The van der Waals surface area contributed by atoms with E-state index in [0.717, 1.165) is 33.4 Å². The first-order chi connectivity index (χ1) is 11.3. The van der Waals surface area contributed by atoms with Gasteiger partial charge in [0.1, 0.15) is 11.4 Å². The molecule has 0 atom stereocenters. The molecule has 1 amide bonds. The Bertz CT molecular complexity index is 951. The van der Waals surface area contributed by atoms with Crippen LogP contribution in [-0.4, -0.2) is 15.9 Å². The minimum atomic E-state index is -0.0583. The van der Waals surface area contributed by atoms with Crippen molar-refractivity contribution in [2.75, 3.05) is 0 Å². The predicted molar refractivity (Wildman–Crippen MR) is 87.9 cm³/mol. The molecule has 5 nitrogen and oxygen atoms in total. The minimum Gasteiger partial charge on any atom is -0.464 e. The van der Waals surface area contributed by atoms with Crippen molar-refractivity contribution < 1.29 is 9.21 Å². The van der Waals surface area contributed by atoms with E-state index in [1.807, 2.05) is 48.5 Å². The number of benzene rings is 2. The van der Waals surface area contributed by atoms with Gasteiger partial charge in [0.05, 0.1) is 30.3 Å². The van der Waals surface area contributed by atoms with E-state index in [-0.39, 0.29) is 12.3 Å². The Kier molecular flexibility index (Phi) is 3.31. The zero-order valence-corrected chi connectivity index (χ0v) is 12.4.